The number of nitrogens with two attached hydrogens (primary N) is 1. The second-order valence-corrected chi connectivity index (χ2v) is 5.21. The summed E-state index contributed by atoms with van der Waals surface area (Å²) in [6.45, 7) is 1.86. The highest BCUT2D eigenvalue weighted by atomic mass is 35.5. The van der Waals surface area contributed by atoms with Crippen LogP contribution in [0.15, 0.2) is 12.1 Å². The van der Waals surface area contributed by atoms with E-state index in [2.05, 4.69) is 4.98 Å². The molecule has 1 aromatic heterocycles. The van der Waals surface area contributed by atoms with Gasteiger partial charge in [-0.2, -0.15) is 0 Å². The van der Waals surface area contributed by atoms with Crippen molar-refractivity contribution in [2.24, 2.45) is 5.73 Å². The Kier molecular flexibility index (Phi) is 4.67. The van der Waals surface area contributed by atoms with E-state index < -0.39 is 11.7 Å². The number of imidazole rings is 1. The lowest BCUT2D eigenvalue weighted by Crippen LogP contribution is -2.19. The lowest BCUT2D eigenvalue weighted by molar-refractivity contribution is -0.118. The van der Waals surface area contributed by atoms with E-state index in [0.29, 0.717) is 29.2 Å². The zero-order chi connectivity index (χ0) is 15.6. The molecule has 1 unspecified atom stereocenters. The molecular formula is C14H17ClFN3O2. The van der Waals surface area contributed by atoms with Crippen molar-refractivity contribution in [1.82, 2.24) is 9.55 Å². The molecule has 0 spiro atoms. The van der Waals surface area contributed by atoms with Crippen molar-refractivity contribution in [2.45, 2.75) is 25.8 Å². The molecule has 2 aromatic rings. The van der Waals surface area contributed by atoms with Gasteiger partial charge in [0.1, 0.15) is 5.82 Å². The second-order valence-electron chi connectivity index (χ2n) is 4.83. The van der Waals surface area contributed by atoms with Crippen molar-refractivity contribution in [3.63, 3.8) is 0 Å². The summed E-state index contributed by atoms with van der Waals surface area (Å²) in [5, 5.41) is 0. The van der Waals surface area contributed by atoms with Crippen molar-refractivity contribution < 1.29 is 13.9 Å². The number of ether oxygens (including phenoxy) is 1. The minimum Gasteiger partial charge on any atom is -0.494 e. The molecule has 1 heterocycles. The number of methoxy groups -OCH3 is 1. The van der Waals surface area contributed by atoms with E-state index in [1.54, 1.807) is 6.07 Å². The zero-order valence-electron chi connectivity index (χ0n) is 11.9. The topological polar surface area (TPSA) is 70.1 Å². The molecule has 0 bridgehead atoms. The number of rotatable bonds is 6. The number of aryl methyl sites for hydroxylation is 1. The predicted octanol–water partition coefficient (Wildman–Crippen LogP) is 2.40. The Morgan fingerprint density at radius 3 is 2.86 bits per heavy atom. The van der Waals surface area contributed by atoms with Gasteiger partial charge >= 0.3 is 0 Å². The molecule has 21 heavy (non-hydrogen) atoms. The summed E-state index contributed by atoms with van der Waals surface area (Å²) in [6, 6.07) is 2.70. The molecule has 1 amide bonds. The van der Waals surface area contributed by atoms with E-state index in [4.69, 9.17) is 22.1 Å². The van der Waals surface area contributed by atoms with Crippen LogP contribution >= 0.6 is 11.6 Å². The first kappa shape index (κ1) is 15.6. The quantitative estimate of drug-likeness (QED) is 0.832. The summed E-state index contributed by atoms with van der Waals surface area (Å²) >= 11 is 5.79. The van der Waals surface area contributed by atoms with Crippen LogP contribution in [0.4, 0.5) is 4.39 Å². The Hall–Kier alpha value is -1.82. The van der Waals surface area contributed by atoms with Crippen molar-refractivity contribution in [3.05, 3.63) is 23.8 Å². The SMILES string of the molecule is COc1cc2c(cc1F)nc(CCCl)n2C(C)CC(N)=O. The van der Waals surface area contributed by atoms with Crippen molar-refractivity contribution in [3.8, 4) is 5.75 Å². The van der Waals surface area contributed by atoms with E-state index in [9.17, 15) is 9.18 Å². The van der Waals surface area contributed by atoms with Crippen molar-refractivity contribution in [2.75, 3.05) is 13.0 Å². The van der Waals surface area contributed by atoms with Gasteiger partial charge in [-0.05, 0) is 6.92 Å². The van der Waals surface area contributed by atoms with E-state index in [1.807, 2.05) is 11.5 Å². The molecule has 2 rings (SSSR count). The molecule has 1 atom stereocenters. The minimum absolute atomic E-state index is 0.132. The number of primary amides is 1. The fourth-order valence-corrected chi connectivity index (χ4v) is 2.61. The Morgan fingerprint density at radius 1 is 1.57 bits per heavy atom. The summed E-state index contributed by atoms with van der Waals surface area (Å²) in [4.78, 5) is 15.6. The first-order valence-corrected chi connectivity index (χ1v) is 7.10. The molecule has 0 aliphatic heterocycles. The first-order chi connectivity index (χ1) is 9.97. The maximum Gasteiger partial charge on any atom is 0.219 e. The highest BCUT2D eigenvalue weighted by Gasteiger charge is 2.19. The largest absolute Gasteiger partial charge is 0.494 e. The summed E-state index contributed by atoms with van der Waals surface area (Å²) in [5.41, 5.74) is 6.47. The third kappa shape index (κ3) is 3.10. The van der Waals surface area contributed by atoms with Crippen LogP contribution in [-0.4, -0.2) is 28.4 Å². The lowest BCUT2D eigenvalue weighted by Gasteiger charge is -2.16. The molecule has 0 saturated carbocycles. The summed E-state index contributed by atoms with van der Waals surface area (Å²) in [5.74, 6) is 0.324. The van der Waals surface area contributed by atoms with Crippen molar-refractivity contribution >= 4 is 28.5 Å². The molecule has 0 aliphatic carbocycles. The minimum atomic E-state index is -0.477. The first-order valence-electron chi connectivity index (χ1n) is 6.56. The molecule has 114 valence electrons. The fourth-order valence-electron chi connectivity index (χ4n) is 2.44. The monoisotopic (exact) mass is 313 g/mol. The maximum absolute atomic E-state index is 13.8. The van der Waals surface area contributed by atoms with Gasteiger partial charge in [0, 0.05) is 36.9 Å². The summed E-state index contributed by atoms with van der Waals surface area (Å²) in [6.07, 6.45) is 0.684. The van der Waals surface area contributed by atoms with Gasteiger partial charge in [-0.25, -0.2) is 9.37 Å². The number of aromatic nitrogens is 2. The summed E-state index contributed by atoms with van der Waals surface area (Å²) in [7, 11) is 1.40. The Morgan fingerprint density at radius 2 is 2.29 bits per heavy atom. The lowest BCUT2D eigenvalue weighted by atomic mass is 10.2. The number of fused-ring (bicyclic) bond motifs is 1. The number of nitrogens with zero attached hydrogens (tertiary/aromatic N) is 2. The van der Waals surface area contributed by atoms with E-state index in [-0.39, 0.29) is 18.2 Å². The number of carbonyl (C=O) groups is 1. The smallest absolute Gasteiger partial charge is 0.219 e. The standard InChI is InChI=1S/C14H17ClFN3O2/c1-8(5-13(17)20)19-11-7-12(21-2)9(16)6-10(11)18-14(19)3-4-15/h6-8H,3-5H2,1-2H3,(H2,17,20). The molecule has 1 aromatic carbocycles. The third-order valence-corrected chi connectivity index (χ3v) is 3.48. The number of hydrogen-bond acceptors (Lipinski definition) is 3. The molecule has 0 aliphatic rings. The number of benzene rings is 1. The van der Waals surface area contributed by atoms with E-state index in [0.717, 1.165) is 0 Å². The third-order valence-electron chi connectivity index (χ3n) is 3.29. The van der Waals surface area contributed by atoms with Gasteiger partial charge in [0.15, 0.2) is 11.6 Å². The van der Waals surface area contributed by atoms with Crippen LogP contribution in [0.1, 0.15) is 25.2 Å². The molecule has 7 heteroatoms. The molecule has 0 radical (unpaired) electrons. The number of hydrogen-bond donors (Lipinski definition) is 1. The molecular weight excluding hydrogens is 297 g/mol. The molecule has 0 saturated heterocycles. The highest BCUT2D eigenvalue weighted by Crippen LogP contribution is 2.29. The molecule has 5 nitrogen and oxygen atoms in total. The van der Waals surface area contributed by atoms with Gasteiger partial charge in [-0.1, -0.05) is 0 Å². The van der Waals surface area contributed by atoms with E-state index >= 15 is 0 Å². The predicted molar refractivity (Wildman–Crippen MR) is 79.2 cm³/mol. The van der Waals surface area contributed by atoms with Crippen LogP contribution in [0.3, 0.4) is 0 Å². The van der Waals surface area contributed by atoms with Crippen LogP contribution in [0.5, 0.6) is 5.75 Å². The van der Waals surface area contributed by atoms with Gasteiger partial charge in [0.2, 0.25) is 5.91 Å². The Bertz CT molecular complexity index is 672. The van der Waals surface area contributed by atoms with Gasteiger partial charge in [-0.15, -0.1) is 11.6 Å². The molecule has 2 N–H and O–H groups in total. The summed E-state index contributed by atoms with van der Waals surface area (Å²) < 4.78 is 20.7. The van der Waals surface area contributed by atoms with Gasteiger partial charge < -0.3 is 15.0 Å². The van der Waals surface area contributed by atoms with Crippen molar-refractivity contribution in [1.29, 1.82) is 0 Å². The zero-order valence-corrected chi connectivity index (χ0v) is 12.7. The second kappa shape index (κ2) is 6.30. The number of alkyl halides is 1. The maximum atomic E-state index is 13.8. The van der Waals surface area contributed by atoms with E-state index in [1.165, 1.54) is 13.2 Å². The van der Waals surface area contributed by atoms with Crippen LogP contribution < -0.4 is 10.5 Å². The Balaban J connectivity index is 2.62. The average Bonchev–Trinajstić information content (AvgIpc) is 2.74. The van der Waals surface area contributed by atoms with Crippen LogP contribution in [0.2, 0.25) is 0 Å². The number of halogens is 2. The van der Waals surface area contributed by atoms with Crippen LogP contribution in [0.25, 0.3) is 11.0 Å². The van der Waals surface area contributed by atoms with Crippen LogP contribution in [0, 0.1) is 5.82 Å². The van der Waals surface area contributed by atoms with Crippen LogP contribution in [-0.2, 0) is 11.2 Å². The number of amides is 1. The normalized spacial score (nSPS) is 12.6. The van der Waals surface area contributed by atoms with Gasteiger partial charge in [0.25, 0.3) is 0 Å². The average molecular weight is 314 g/mol. The Labute approximate surface area is 126 Å². The highest BCUT2D eigenvalue weighted by molar-refractivity contribution is 6.17. The molecule has 0 fully saturated rings. The number of carbonyl (C=O) groups excluding carboxylic acids is 1. The van der Waals surface area contributed by atoms with Gasteiger partial charge in [-0.3, -0.25) is 4.79 Å². The van der Waals surface area contributed by atoms with Gasteiger partial charge in [0.05, 0.1) is 18.1 Å². The fraction of sp³-hybridized carbons (Fsp3) is 0.429.